The van der Waals surface area contributed by atoms with Crippen molar-refractivity contribution in [2.45, 2.75) is 4.90 Å². The van der Waals surface area contributed by atoms with Crippen LogP contribution in [0.2, 0.25) is 0 Å². The number of aromatic nitrogens is 3. The summed E-state index contributed by atoms with van der Waals surface area (Å²) >= 11 is 3.21. The first-order valence-corrected chi connectivity index (χ1v) is 10.2. The van der Waals surface area contributed by atoms with Crippen LogP contribution < -0.4 is 10.6 Å². The lowest BCUT2D eigenvalue weighted by atomic mass is 10.4. The molecule has 0 aliphatic carbocycles. The molecule has 1 saturated heterocycles. The summed E-state index contributed by atoms with van der Waals surface area (Å²) in [7, 11) is -3.46. The largest absolute Gasteiger partial charge is 0.382 e. The highest BCUT2D eigenvalue weighted by molar-refractivity contribution is 7.99. The number of nitrogen functional groups attached to an aromatic ring is 1. The maximum atomic E-state index is 12.1. The van der Waals surface area contributed by atoms with Gasteiger partial charge in [0.2, 0.25) is 5.13 Å². The summed E-state index contributed by atoms with van der Waals surface area (Å²) < 4.78 is 25.7. The zero-order chi connectivity index (χ0) is 15.0. The Kier molecular flexibility index (Phi) is 3.84. The van der Waals surface area contributed by atoms with Gasteiger partial charge in [0.15, 0.2) is 26.4 Å². The normalized spacial score (nSPS) is 16.3. The molecule has 0 saturated carbocycles. The van der Waals surface area contributed by atoms with Crippen molar-refractivity contribution in [1.82, 2.24) is 14.8 Å². The molecule has 0 aromatic carbocycles. The van der Waals surface area contributed by atoms with Gasteiger partial charge in [-0.25, -0.2) is 13.4 Å². The molecule has 0 atom stereocenters. The third-order valence-corrected chi connectivity index (χ3v) is 5.96. The van der Waals surface area contributed by atoms with E-state index in [-0.39, 0.29) is 10.7 Å². The Bertz CT molecular complexity index is 732. The van der Waals surface area contributed by atoms with E-state index >= 15 is 0 Å². The fourth-order valence-electron chi connectivity index (χ4n) is 2.21. The number of anilines is 2. The zero-order valence-electron chi connectivity index (χ0n) is 11.4. The molecule has 1 aliphatic rings. The molecule has 1 aliphatic heterocycles. The highest BCUT2D eigenvalue weighted by Crippen LogP contribution is 2.33. The van der Waals surface area contributed by atoms with Crippen molar-refractivity contribution in [1.29, 1.82) is 0 Å². The molecule has 114 valence electrons. The number of sulfone groups is 1. The smallest absolute Gasteiger partial charge is 0.212 e. The van der Waals surface area contributed by atoms with Gasteiger partial charge in [-0.2, -0.15) is 16.4 Å². The second-order valence-electron chi connectivity index (χ2n) is 4.64. The van der Waals surface area contributed by atoms with Crippen molar-refractivity contribution >= 4 is 44.6 Å². The number of thiazole rings is 1. The standard InChI is InChI=1S/C11H15N5O2S3/c1-21(17,18)8-9(12)16(11-13-2-5-20-11)14-10(8)15-3-6-19-7-4-15/h2,5H,3-4,6-7,12H2,1H3. The molecule has 0 bridgehead atoms. The van der Waals surface area contributed by atoms with Crippen molar-refractivity contribution in [2.24, 2.45) is 0 Å². The molecular formula is C11H15N5O2S3. The number of hydrogen-bond donors (Lipinski definition) is 1. The maximum absolute atomic E-state index is 12.1. The molecule has 2 aromatic rings. The number of hydrogen-bond acceptors (Lipinski definition) is 8. The van der Waals surface area contributed by atoms with E-state index in [0.29, 0.717) is 10.9 Å². The van der Waals surface area contributed by atoms with Crippen LogP contribution in [0, 0.1) is 0 Å². The number of nitrogens with two attached hydrogens (primary N) is 1. The first-order chi connectivity index (χ1) is 9.98. The maximum Gasteiger partial charge on any atom is 0.212 e. The van der Waals surface area contributed by atoms with E-state index < -0.39 is 9.84 Å². The summed E-state index contributed by atoms with van der Waals surface area (Å²) in [5.41, 5.74) is 6.04. The van der Waals surface area contributed by atoms with Crippen LogP contribution in [-0.4, -0.2) is 54.0 Å². The van der Waals surface area contributed by atoms with E-state index in [4.69, 9.17) is 5.73 Å². The molecule has 3 heterocycles. The SMILES string of the molecule is CS(=O)(=O)c1c(N2CCSCC2)nn(-c2nccs2)c1N. The van der Waals surface area contributed by atoms with Crippen molar-refractivity contribution in [3.8, 4) is 5.13 Å². The minimum Gasteiger partial charge on any atom is -0.382 e. The Morgan fingerprint density at radius 2 is 2.05 bits per heavy atom. The van der Waals surface area contributed by atoms with E-state index in [1.165, 1.54) is 16.0 Å². The lowest BCUT2D eigenvalue weighted by molar-refractivity contribution is 0.602. The van der Waals surface area contributed by atoms with Crippen LogP contribution in [0.3, 0.4) is 0 Å². The van der Waals surface area contributed by atoms with E-state index in [1.54, 1.807) is 11.6 Å². The second kappa shape index (κ2) is 5.50. The quantitative estimate of drug-likeness (QED) is 0.882. The second-order valence-corrected chi connectivity index (χ2v) is 8.69. The molecule has 0 spiro atoms. The Morgan fingerprint density at radius 3 is 2.62 bits per heavy atom. The van der Waals surface area contributed by atoms with Crippen LogP contribution in [-0.2, 0) is 9.84 Å². The predicted molar refractivity (Wildman–Crippen MR) is 86.3 cm³/mol. The minimum atomic E-state index is -3.46. The summed E-state index contributed by atoms with van der Waals surface area (Å²) in [6, 6.07) is 0. The Hall–Kier alpha value is -1.26. The number of rotatable bonds is 3. The lowest BCUT2D eigenvalue weighted by Crippen LogP contribution is -2.33. The van der Waals surface area contributed by atoms with E-state index in [9.17, 15) is 8.42 Å². The average molecular weight is 345 g/mol. The van der Waals surface area contributed by atoms with Gasteiger partial charge in [0.1, 0.15) is 0 Å². The Labute approximate surface area is 131 Å². The van der Waals surface area contributed by atoms with Gasteiger partial charge in [0, 0.05) is 42.4 Å². The summed E-state index contributed by atoms with van der Waals surface area (Å²) in [5, 5.41) is 6.78. The highest BCUT2D eigenvalue weighted by atomic mass is 32.2. The van der Waals surface area contributed by atoms with Gasteiger partial charge in [-0.15, -0.1) is 16.4 Å². The van der Waals surface area contributed by atoms with Crippen LogP contribution in [0.1, 0.15) is 0 Å². The van der Waals surface area contributed by atoms with Gasteiger partial charge in [0.25, 0.3) is 0 Å². The van der Waals surface area contributed by atoms with Gasteiger partial charge in [-0.3, -0.25) is 0 Å². The summed E-state index contributed by atoms with van der Waals surface area (Å²) in [6.07, 6.45) is 2.80. The zero-order valence-corrected chi connectivity index (χ0v) is 13.8. The van der Waals surface area contributed by atoms with Crippen molar-refractivity contribution < 1.29 is 8.42 Å². The van der Waals surface area contributed by atoms with Gasteiger partial charge in [0.05, 0.1) is 0 Å². The average Bonchev–Trinajstić information content (AvgIpc) is 3.06. The molecule has 3 rings (SSSR count). The minimum absolute atomic E-state index is 0.101. The monoisotopic (exact) mass is 345 g/mol. The molecular weight excluding hydrogens is 330 g/mol. The molecule has 0 amide bonds. The van der Waals surface area contributed by atoms with Gasteiger partial charge < -0.3 is 10.6 Å². The first kappa shape index (κ1) is 14.7. The van der Waals surface area contributed by atoms with E-state index in [1.807, 2.05) is 16.7 Å². The van der Waals surface area contributed by atoms with Gasteiger partial charge in [-0.05, 0) is 0 Å². The molecule has 0 unspecified atom stereocenters. The van der Waals surface area contributed by atoms with Crippen LogP contribution >= 0.6 is 23.1 Å². The van der Waals surface area contributed by atoms with Crippen molar-refractivity contribution in [2.75, 3.05) is 41.5 Å². The molecule has 7 nitrogen and oxygen atoms in total. The molecule has 21 heavy (non-hydrogen) atoms. The molecule has 2 N–H and O–H groups in total. The van der Waals surface area contributed by atoms with Crippen LogP contribution in [0.4, 0.5) is 11.6 Å². The van der Waals surface area contributed by atoms with Gasteiger partial charge in [-0.1, -0.05) is 0 Å². The molecule has 1 fully saturated rings. The Morgan fingerprint density at radius 1 is 1.33 bits per heavy atom. The summed E-state index contributed by atoms with van der Waals surface area (Å²) in [4.78, 5) is 6.23. The number of thioether (sulfide) groups is 1. The van der Waals surface area contributed by atoms with Gasteiger partial charge >= 0.3 is 0 Å². The molecule has 0 radical (unpaired) electrons. The first-order valence-electron chi connectivity index (χ1n) is 6.29. The fourth-order valence-corrected chi connectivity index (χ4v) is 4.68. The lowest BCUT2D eigenvalue weighted by Gasteiger charge is -2.26. The van der Waals surface area contributed by atoms with Crippen LogP contribution in [0.25, 0.3) is 5.13 Å². The van der Waals surface area contributed by atoms with Crippen LogP contribution in [0.5, 0.6) is 0 Å². The van der Waals surface area contributed by atoms with E-state index in [0.717, 1.165) is 30.9 Å². The Balaban J connectivity index is 2.16. The highest BCUT2D eigenvalue weighted by Gasteiger charge is 2.29. The topological polar surface area (TPSA) is 94.1 Å². The third-order valence-electron chi connectivity index (χ3n) is 3.14. The molecule has 10 heteroatoms. The number of nitrogens with zero attached hydrogens (tertiary/aromatic N) is 4. The van der Waals surface area contributed by atoms with E-state index in [2.05, 4.69) is 10.1 Å². The van der Waals surface area contributed by atoms with Crippen LogP contribution in [0.15, 0.2) is 16.5 Å². The summed E-state index contributed by atoms with van der Waals surface area (Å²) in [6.45, 7) is 1.53. The molecule has 2 aromatic heterocycles. The fraction of sp³-hybridized carbons (Fsp3) is 0.455. The van der Waals surface area contributed by atoms with Crippen molar-refractivity contribution in [3.63, 3.8) is 0 Å². The van der Waals surface area contributed by atoms with Crippen molar-refractivity contribution in [3.05, 3.63) is 11.6 Å². The summed E-state index contributed by atoms with van der Waals surface area (Å²) in [5.74, 6) is 2.46. The third kappa shape index (κ3) is 2.74. The predicted octanol–water partition coefficient (Wildman–Crippen LogP) is 0.868.